The van der Waals surface area contributed by atoms with Crippen molar-refractivity contribution in [2.24, 2.45) is 34.5 Å². The molecule has 170 valence electrons. The highest BCUT2D eigenvalue weighted by molar-refractivity contribution is 5.93. The summed E-state index contributed by atoms with van der Waals surface area (Å²) in [5.41, 5.74) is 2.78. The molecule has 0 radical (unpaired) electrons. The molecule has 5 rings (SSSR count). The lowest BCUT2D eigenvalue weighted by Crippen LogP contribution is -2.57. The van der Waals surface area contributed by atoms with Crippen LogP contribution in [0.25, 0.3) is 0 Å². The number of ether oxygens (including phenoxy) is 3. The molecule has 0 spiro atoms. The van der Waals surface area contributed by atoms with E-state index in [4.69, 9.17) is 14.2 Å². The van der Waals surface area contributed by atoms with Gasteiger partial charge in [-0.25, -0.2) is 0 Å². The molecule has 1 aliphatic heterocycles. The second-order valence-corrected chi connectivity index (χ2v) is 10.9. The van der Waals surface area contributed by atoms with Crippen molar-refractivity contribution < 1.29 is 28.9 Å². The Morgan fingerprint density at radius 3 is 2.71 bits per heavy atom. The summed E-state index contributed by atoms with van der Waals surface area (Å²) in [4.78, 5) is 26.0. The molecule has 0 aromatic heterocycles. The van der Waals surface area contributed by atoms with E-state index >= 15 is 0 Å². The lowest BCUT2D eigenvalue weighted by molar-refractivity contribution is -0.221. The van der Waals surface area contributed by atoms with Crippen molar-refractivity contribution in [1.82, 2.24) is 0 Å². The molecule has 6 nitrogen and oxygen atoms in total. The molecule has 1 N–H and O–H groups in total. The number of Topliss-reactive ketones (excluding diaryl/α,β-unsaturated/α-hetero) is 1. The average molecular weight is 431 g/mol. The maximum atomic E-state index is 13.9. The van der Waals surface area contributed by atoms with E-state index in [2.05, 4.69) is 27.7 Å². The zero-order valence-corrected chi connectivity index (χ0v) is 19.0. The molecule has 5 aliphatic rings. The van der Waals surface area contributed by atoms with Crippen LogP contribution in [0.3, 0.4) is 0 Å². The fraction of sp³-hybridized carbons (Fsp3) is 0.760. The van der Waals surface area contributed by atoms with Gasteiger partial charge in [-0.3, -0.25) is 9.59 Å². The van der Waals surface area contributed by atoms with Crippen molar-refractivity contribution >= 4 is 11.6 Å². The molecular formula is C25H34O6. The van der Waals surface area contributed by atoms with E-state index in [1.54, 1.807) is 0 Å². The smallest absolute Gasteiger partial charge is 0.220 e. The Balaban J connectivity index is 1.57. The number of fused-ring (bicyclic) bond motifs is 5. The molecule has 31 heavy (non-hydrogen) atoms. The van der Waals surface area contributed by atoms with Crippen LogP contribution in [0.4, 0.5) is 0 Å². The van der Waals surface area contributed by atoms with Crippen LogP contribution in [-0.4, -0.2) is 42.7 Å². The molecule has 6 heteroatoms. The SMILES string of the molecule is CC1=C(C2(OCO)COCO2)[C@@]2(C)CC(=O)C3C(C[C@H](C)C4=CC(=O)CC[C@@]43C)C2C1. The van der Waals surface area contributed by atoms with Crippen molar-refractivity contribution in [3.05, 3.63) is 22.8 Å². The summed E-state index contributed by atoms with van der Waals surface area (Å²) in [7, 11) is 0. The fourth-order valence-corrected chi connectivity index (χ4v) is 8.28. The molecule has 3 fully saturated rings. The summed E-state index contributed by atoms with van der Waals surface area (Å²) >= 11 is 0. The van der Waals surface area contributed by atoms with Gasteiger partial charge in [0.15, 0.2) is 12.6 Å². The highest BCUT2D eigenvalue weighted by atomic mass is 16.8. The Morgan fingerprint density at radius 1 is 1.26 bits per heavy atom. The van der Waals surface area contributed by atoms with E-state index in [1.807, 2.05) is 6.08 Å². The van der Waals surface area contributed by atoms with Gasteiger partial charge in [0.05, 0.1) is 0 Å². The third kappa shape index (κ3) is 2.84. The quantitative estimate of drug-likeness (QED) is 0.545. The molecule has 1 saturated heterocycles. The van der Waals surface area contributed by atoms with Crippen LogP contribution >= 0.6 is 0 Å². The largest absolute Gasteiger partial charge is 0.370 e. The van der Waals surface area contributed by atoms with Gasteiger partial charge >= 0.3 is 0 Å². The standard InChI is InChI=1S/C25H34O6/c1-14-7-17-19-8-15(2)22(25(30-12-26)11-29-13-31-25)24(19,4)10-20(28)21(17)23(3)6-5-16(27)9-18(14)23/h9,14,17,19,21,26H,5-8,10-13H2,1-4H3/t14-,17?,19?,21?,23-,24-,25?/m0/s1. The van der Waals surface area contributed by atoms with Crippen molar-refractivity contribution in [3.63, 3.8) is 0 Å². The van der Waals surface area contributed by atoms with Crippen molar-refractivity contribution in [2.75, 3.05) is 20.2 Å². The lowest BCUT2D eigenvalue weighted by Gasteiger charge is -2.58. The summed E-state index contributed by atoms with van der Waals surface area (Å²) in [6.45, 7) is 8.63. The molecule has 0 aromatic carbocycles. The van der Waals surface area contributed by atoms with Crippen LogP contribution in [0.5, 0.6) is 0 Å². The predicted octanol–water partition coefficient (Wildman–Crippen LogP) is 3.54. The number of allylic oxidation sites excluding steroid dienone is 3. The van der Waals surface area contributed by atoms with Crippen LogP contribution in [0.15, 0.2) is 22.8 Å². The van der Waals surface area contributed by atoms with Gasteiger partial charge in [-0.05, 0) is 61.0 Å². The summed E-state index contributed by atoms with van der Waals surface area (Å²) in [5, 5.41) is 9.60. The van der Waals surface area contributed by atoms with Gasteiger partial charge < -0.3 is 19.3 Å². The van der Waals surface area contributed by atoms with Crippen molar-refractivity contribution in [1.29, 1.82) is 0 Å². The summed E-state index contributed by atoms with van der Waals surface area (Å²) in [5.74, 6) is 0.218. The molecule has 7 atom stereocenters. The third-order valence-corrected chi connectivity index (χ3v) is 9.23. The number of rotatable bonds is 3. The molecule has 0 amide bonds. The van der Waals surface area contributed by atoms with Crippen LogP contribution < -0.4 is 0 Å². The summed E-state index contributed by atoms with van der Waals surface area (Å²) < 4.78 is 17.2. The Labute approximate surface area is 184 Å². The van der Waals surface area contributed by atoms with E-state index in [0.29, 0.717) is 30.5 Å². The topological polar surface area (TPSA) is 82.1 Å². The number of hydrogen-bond donors (Lipinski definition) is 1. The minimum absolute atomic E-state index is 0.0382. The lowest BCUT2D eigenvalue weighted by atomic mass is 9.44. The molecule has 2 saturated carbocycles. The van der Waals surface area contributed by atoms with Crippen LogP contribution in [0.2, 0.25) is 0 Å². The van der Waals surface area contributed by atoms with E-state index < -0.39 is 12.6 Å². The zero-order valence-electron chi connectivity index (χ0n) is 19.0. The zero-order chi connectivity index (χ0) is 22.2. The minimum Gasteiger partial charge on any atom is -0.370 e. The summed E-state index contributed by atoms with van der Waals surface area (Å²) in [6.07, 6.45) is 5.43. The first-order chi connectivity index (χ1) is 14.7. The average Bonchev–Trinajstić information content (AvgIpc) is 3.25. The highest BCUT2D eigenvalue weighted by Crippen LogP contribution is 2.67. The number of aliphatic hydroxyl groups excluding tert-OH is 1. The van der Waals surface area contributed by atoms with Gasteiger partial charge in [-0.1, -0.05) is 31.9 Å². The Hall–Kier alpha value is -1.34. The maximum Gasteiger partial charge on any atom is 0.220 e. The first-order valence-corrected chi connectivity index (χ1v) is 11.6. The monoisotopic (exact) mass is 430 g/mol. The van der Waals surface area contributed by atoms with E-state index in [0.717, 1.165) is 24.8 Å². The second kappa shape index (κ2) is 7.08. The van der Waals surface area contributed by atoms with Gasteiger partial charge in [-0.2, -0.15) is 0 Å². The highest BCUT2D eigenvalue weighted by Gasteiger charge is 2.65. The van der Waals surface area contributed by atoms with Crippen LogP contribution in [-0.2, 0) is 23.8 Å². The number of hydrogen-bond acceptors (Lipinski definition) is 6. The molecule has 0 bridgehead atoms. The van der Waals surface area contributed by atoms with Crippen molar-refractivity contribution in [2.45, 2.75) is 65.6 Å². The number of carbonyl (C=O) groups is 2. The van der Waals surface area contributed by atoms with E-state index in [-0.39, 0.29) is 41.8 Å². The normalized spacial score (nSPS) is 47.2. The van der Waals surface area contributed by atoms with Gasteiger partial charge in [0.1, 0.15) is 19.2 Å². The number of aliphatic hydroxyl groups is 1. The molecular weight excluding hydrogens is 396 g/mol. The number of ketones is 2. The van der Waals surface area contributed by atoms with Gasteiger partial charge in [-0.15, -0.1) is 0 Å². The molecule has 4 unspecified atom stereocenters. The molecule has 0 aromatic rings. The summed E-state index contributed by atoms with van der Waals surface area (Å²) in [6, 6.07) is 0. The first-order valence-electron chi connectivity index (χ1n) is 11.6. The molecule has 4 aliphatic carbocycles. The van der Waals surface area contributed by atoms with Gasteiger partial charge in [0.2, 0.25) is 5.79 Å². The van der Waals surface area contributed by atoms with Crippen LogP contribution in [0, 0.1) is 34.5 Å². The maximum absolute atomic E-state index is 13.9. The second-order valence-electron chi connectivity index (χ2n) is 10.9. The predicted molar refractivity (Wildman–Crippen MR) is 113 cm³/mol. The van der Waals surface area contributed by atoms with Crippen LogP contribution in [0.1, 0.15) is 59.8 Å². The number of carbonyl (C=O) groups excluding carboxylic acids is 2. The Morgan fingerprint density at radius 2 is 2.03 bits per heavy atom. The first kappa shape index (κ1) is 21.5. The molecule has 1 heterocycles. The van der Waals surface area contributed by atoms with Gasteiger partial charge in [0.25, 0.3) is 0 Å². The van der Waals surface area contributed by atoms with E-state index in [9.17, 15) is 14.7 Å². The van der Waals surface area contributed by atoms with Crippen molar-refractivity contribution in [3.8, 4) is 0 Å². The van der Waals surface area contributed by atoms with E-state index in [1.165, 1.54) is 11.1 Å². The third-order valence-electron chi connectivity index (χ3n) is 9.23. The minimum atomic E-state index is -1.11. The fourth-order valence-electron chi connectivity index (χ4n) is 8.28. The Kier molecular flexibility index (Phi) is 4.91. The Bertz CT molecular complexity index is 880. The van der Waals surface area contributed by atoms with Gasteiger partial charge in [0, 0.05) is 24.2 Å².